The van der Waals surface area contributed by atoms with Crippen molar-refractivity contribution < 1.29 is 9.53 Å². The van der Waals surface area contributed by atoms with Crippen molar-refractivity contribution in [2.24, 2.45) is 0 Å². The average molecular weight is 166 g/mol. The maximum Gasteiger partial charge on any atom is 0.207 e. The lowest BCUT2D eigenvalue weighted by atomic mass is 10.3. The molecule has 0 saturated carbocycles. The summed E-state index contributed by atoms with van der Waals surface area (Å²) in [6.07, 6.45) is 2.29. The van der Waals surface area contributed by atoms with Gasteiger partial charge in [-0.15, -0.1) is 0 Å². The summed E-state index contributed by atoms with van der Waals surface area (Å²) >= 11 is 0. The molecule has 1 N–H and O–H groups in total. The predicted octanol–water partition coefficient (Wildman–Crippen LogP) is 0.336. The van der Waals surface area contributed by atoms with Crippen LogP contribution in [0.2, 0.25) is 0 Å². The molecule has 0 bridgehead atoms. The van der Waals surface area contributed by atoms with Crippen molar-refractivity contribution in [1.82, 2.24) is 10.3 Å². The Labute approximate surface area is 70.6 Å². The molecule has 1 rings (SSSR count). The van der Waals surface area contributed by atoms with Gasteiger partial charge in [-0.1, -0.05) is 0 Å². The average Bonchev–Trinajstić information content (AvgIpc) is 2.15. The van der Waals surface area contributed by atoms with Crippen LogP contribution in [-0.2, 0) is 11.3 Å². The SMILES string of the molecule is COc1cccnc1CNC=O. The first-order valence-corrected chi connectivity index (χ1v) is 3.53. The second-order valence-corrected chi connectivity index (χ2v) is 2.15. The third-order valence-electron chi connectivity index (χ3n) is 1.42. The normalized spacial score (nSPS) is 9.08. The van der Waals surface area contributed by atoms with E-state index < -0.39 is 0 Å². The number of hydrogen-bond donors (Lipinski definition) is 1. The molecule has 4 heteroatoms. The lowest BCUT2D eigenvalue weighted by Crippen LogP contribution is -2.11. The van der Waals surface area contributed by atoms with Crippen LogP contribution < -0.4 is 10.1 Å². The molecule has 1 aromatic heterocycles. The zero-order chi connectivity index (χ0) is 8.81. The van der Waals surface area contributed by atoms with Crippen LogP contribution in [0.5, 0.6) is 5.75 Å². The Morgan fingerprint density at radius 3 is 3.25 bits per heavy atom. The number of amides is 1. The quantitative estimate of drug-likeness (QED) is 0.656. The molecule has 0 fully saturated rings. The van der Waals surface area contributed by atoms with Crippen molar-refractivity contribution in [3.8, 4) is 5.75 Å². The number of aromatic nitrogens is 1. The summed E-state index contributed by atoms with van der Waals surface area (Å²) in [6, 6.07) is 3.58. The number of methoxy groups -OCH3 is 1. The Balaban J connectivity index is 2.74. The minimum Gasteiger partial charge on any atom is -0.495 e. The molecule has 0 aliphatic carbocycles. The van der Waals surface area contributed by atoms with E-state index in [1.165, 1.54) is 0 Å². The van der Waals surface area contributed by atoms with Crippen LogP contribution in [0.4, 0.5) is 0 Å². The smallest absolute Gasteiger partial charge is 0.207 e. The first kappa shape index (κ1) is 8.52. The second-order valence-electron chi connectivity index (χ2n) is 2.15. The Bertz CT molecular complexity index is 263. The highest BCUT2D eigenvalue weighted by atomic mass is 16.5. The van der Waals surface area contributed by atoms with E-state index in [2.05, 4.69) is 10.3 Å². The predicted molar refractivity (Wildman–Crippen MR) is 43.7 cm³/mol. The molecule has 0 aliphatic heterocycles. The molecule has 0 spiro atoms. The maximum atomic E-state index is 10.00. The fourth-order valence-electron chi connectivity index (χ4n) is 0.880. The summed E-state index contributed by atoms with van der Waals surface area (Å²) in [5.74, 6) is 0.687. The Kier molecular flexibility index (Phi) is 3.07. The van der Waals surface area contributed by atoms with Crippen molar-refractivity contribution in [3.05, 3.63) is 24.0 Å². The topological polar surface area (TPSA) is 51.2 Å². The van der Waals surface area contributed by atoms with Crippen LogP contribution in [-0.4, -0.2) is 18.5 Å². The van der Waals surface area contributed by atoms with E-state index in [1.807, 2.05) is 0 Å². The number of ether oxygens (including phenoxy) is 1. The molecule has 1 heterocycles. The lowest BCUT2D eigenvalue weighted by molar-refractivity contribution is -0.109. The van der Waals surface area contributed by atoms with E-state index >= 15 is 0 Å². The number of nitrogens with zero attached hydrogens (tertiary/aromatic N) is 1. The van der Waals surface area contributed by atoms with Gasteiger partial charge in [-0.25, -0.2) is 0 Å². The van der Waals surface area contributed by atoms with Crippen LogP contribution in [0.3, 0.4) is 0 Å². The number of carbonyl (C=O) groups is 1. The molecule has 1 aromatic rings. The molecular weight excluding hydrogens is 156 g/mol. The number of nitrogens with one attached hydrogen (secondary N) is 1. The highest BCUT2D eigenvalue weighted by molar-refractivity contribution is 5.46. The molecular formula is C8H10N2O2. The number of rotatable bonds is 4. The molecule has 0 radical (unpaired) electrons. The van der Waals surface area contributed by atoms with Crippen molar-refractivity contribution >= 4 is 6.41 Å². The maximum absolute atomic E-state index is 10.00. The summed E-state index contributed by atoms with van der Waals surface area (Å²) in [5.41, 5.74) is 0.729. The van der Waals surface area contributed by atoms with Gasteiger partial charge in [-0.3, -0.25) is 9.78 Å². The summed E-state index contributed by atoms with van der Waals surface area (Å²) in [4.78, 5) is 14.0. The van der Waals surface area contributed by atoms with E-state index in [0.29, 0.717) is 18.7 Å². The van der Waals surface area contributed by atoms with Crippen LogP contribution >= 0.6 is 0 Å². The van der Waals surface area contributed by atoms with Gasteiger partial charge < -0.3 is 10.1 Å². The van der Waals surface area contributed by atoms with Gasteiger partial charge >= 0.3 is 0 Å². The molecule has 12 heavy (non-hydrogen) atoms. The number of pyridine rings is 1. The second kappa shape index (κ2) is 4.33. The zero-order valence-electron chi connectivity index (χ0n) is 6.78. The third-order valence-corrected chi connectivity index (χ3v) is 1.42. The van der Waals surface area contributed by atoms with Crippen molar-refractivity contribution in [1.29, 1.82) is 0 Å². The molecule has 0 atom stereocenters. The Morgan fingerprint density at radius 1 is 1.75 bits per heavy atom. The van der Waals surface area contributed by atoms with Crippen LogP contribution in [0.1, 0.15) is 5.69 Å². The summed E-state index contributed by atoms with van der Waals surface area (Å²) < 4.78 is 5.02. The number of carbonyl (C=O) groups excluding carboxylic acids is 1. The molecule has 0 aliphatic rings. The zero-order valence-corrected chi connectivity index (χ0v) is 6.78. The third kappa shape index (κ3) is 1.95. The lowest BCUT2D eigenvalue weighted by Gasteiger charge is -2.04. The Morgan fingerprint density at radius 2 is 2.58 bits per heavy atom. The van der Waals surface area contributed by atoms with Gasteiger partial charge in [0.2, 0.25) is 6.41 Å². The van der Waals surface area contributed by atoms with Crippen LogP contribution in [0, 0.1) is 0 Å². The van der Waals surface area contributed by atoms with Crippen molar-refractivity contribution in [2.75, 3.05) is 7.11 Å². The van der Waals surface area contributed by atoms with Gasteiger partial charge in [0.15, 0.2) is 0 Å². The van der Waals surface area contributed by atoms with Crippen LogP contribution in [0.15, 0.2) is 18.3 Å². The summed E-state index contributed by atoms with van der Waals surface area (Å²) in [6.45, 7) is 0.396. The van der Waals surface area contributed by atoms with E-state index in [1.54, 1.807) is 25.4 Å². The first-order chi connectivity index (χ1) is 5.88. The van der Waals surface area contributed by atoms with Crippen molar-refractivity contribution in [3.63, 3.8) is 0 Å². The van der Waals surface area contributed by atoms with Gasteiger partial charge in [0.05, 0.1) is 13.7 Å². The van der Waals surface area contributed by atoms with Crippen LogP contribution in [0.25, 0.3) is 0 Å². The fraction of sp³-hybridized carbons (Fsp3) is 0.250. The highest BCUT2D eigenvalue weighted by Gasteiger charge is 2.00. The standard InChI is InChI=1S/C8H10N2O2/c1-12-8-3-2-4-10-7(8)5-9-6-11/h2-4,6H,5H2,1H3,(H,9,11). The minimum atomic E-state index is 0.396. The highest BCUT2D eigenvalue weighted by Crippen LogP contribution is 2.13. The molecule has 0 aromatic carbocycles. The molecule has 0 unspecified atom stereocenters. The molecule has 4 nitrogen and oxygen atoms in total. The molecule has 0 saturated heterocycles. The molecule has 64 valence electrons. The summed E-state index contributed by atoms with van der Waals surface area (Å²) in [5, 5.41) is 2.52. The fourth-order valence-corrected chi connectivity index (χ4v) is 0.880. The Hall–Kier alpha value is -1.58. The van der Waals surface area contributed by atoms with Gasteiger partial charge in [0, 0.05) is 6.20 Å². The monoisotopic (exact) mass is 166 g/mol. The minimum absolute atomic E-state index is 0.396. The van der Waals surface area contributed by atoms with E-state index in [0.717, 1.165) is 5.69 Å². The van der Waals surface area contributed by atoms with E-state index in [4.69, 9.17) is 4.74 Å². The summed E-state index contributed by atoms with van der Waals surface area (Å²) in [7, 11) is 1.57. The first-order valence-electron chi connectivity index (χ1n) is 3.53. The van der Waals surface area contributed by atoms with Crippen molar-refractivity contribution in [2.45, 2.75) is 6.54 Å². The van der Waals surface area contributed by atoms with Gasteiger partial charge in [0.1, 0.15) is 11.4 Å². The van der Waals surface area contributed by atoms with Gasteiger partial charge in [-0.05, 0) is 12.1 Å². The van der Waals surface area contributed by atoms with Gasteiger partial charge in [-0.2, -0.15) is 0 Å². The molecule has 1 amide bonds. The number of hydrogen-bond acceptors (Lipinski definition) is 3. The van der Waals surface area contributed by atoms with Gasteiger partial charge in [0.25, 0.3) is 0 Å². The van der Waals surface area contributed by atoms with E-state index in [9.17, 15) is 4.79 Å². The van der Waals surface area contributed by atoms with E-state index in [-0.39, 0.29) is 0 Å². The largest absolute Gasteiger partial charge is 0.495 e.